The van der Waals surface area contributed by atoms with E-state index in [1.165, 1.54) is 32.1 Å². The zero-order chi connectivity index (χ0) is 10.4. The first-order valence-corrected chi connectivity index (χ1v) is 5.59. The molecule has 0 bridgehead atoms. The number of hydrogen-bond donors (Lipinski definition) is 1. The minimum Gasteiger partial charge on any atom is -0.465 e. The molecule has 0 amide bonds. The lowest BCUT2D eigenvalue weighted by Crippen LogP contribution is -2.23. The number of carbonyl (C=O) groups excluding carboxylic acids is 1. The van der Waals surface area contributed by atoms with Crippen LogP contribution in [-0.4, -0.2) is 18.6 Å². The number of rotatable bonds is 4. The summed E-state index contributed by atoms with van der Waals surface area (Å²) in [5.41, 5.74) is 5.50. The number of carbonyl (C=O) groups is 1. The van der Waals surface area contributed by atoms with Gasteiger partial charge in [-0.15, -0.1) is 0 Å². The molecule has 0 saturated heterocycles. The van der Waals surface area contributed by atoms with Crippen molar-refractivity contribution in [1.82, 2.24) is 0 Å². The van der Waals surface area contributed by atoms with Crippen molar-refractivity contribution in [1.29, 1.82) is 0 Å². The van der Waals surface area contributed by atoms with Crippen LogP contribution in [0.15, 0.2) is 0 Å². The minimum absolute atomic E-state index is 0.0890. The molecule has 1 aliphatic carbocycles. The molecule has 1 unspecified atom stereocenters. The van der Waals surface area contributed by atoms with Crippen molar-refractivity contribution in [3.05, 3.63) is 0 Å². The predicted octanol–water partition coefficient (Wildman–Crippen LogP) is 1.85. The monoisotopic (exact) mass is 199 g/mol. The quantitative estimate of drug-likeness (QED) is 0.703. The van der Waals surface area contributed by atoms with Gasteiger partial charge in [0, 0.05) is 6.04 Å². The Balaban J connectivity index is 2.09. The van der Waals surface area contributed by atoms with E-state index >= 15 is 0 Å². The Hall–Kier alpha value is -0.570. The molecule has 1 atom stereocenters. The van der Waals surface area contributed by atoms with E-state index in [0.717, 1.165) is 0 Å². The Morgan fingerprint density at radius 2 is 2.07 bits per heavy atom. The van der Waals surface area contributed by atoms with Gasteiger partial charge in [0.25, 0.3) is 0 Å². The number of ether oxygens (including phenoxy) is 1. The maximum atomic E-state index is 11.2. The third-order valence-electron chi connectivity index (χ3n) is 2.69. The van der Waals surface area contributed by atoms with E-state index < -0.39 is 0 Å². The van der Waals surface area contributed by atoms with Crippen LogP contribution in [0.5, 0.6) is 0 Å². The molecule has 0 aliphatic heterocycles. The summed E-state index contributed by atoms with van der Waals surface area (Å²) in [5, 5.41) is 0. The van der Waals surface area contributed by atoms with Crippen LogP contribution in [0.1, 0.15) is 45.4 Å². The molecule has 1 saturated carbocycles. The third kappa shape index (κ3) is 4.61. The lowest BCUT2D eigenvalue weighted by molar-refractivity contribution is -0.145. The van der Waals surface area contributed by atoms with Crippen LogP contribution in [0.4, 0.5) is 0 Å². The highest BCUT2D eigenvalue weighted by atomic mass is 16.5. The fourth-order valence-corrected chi connectivity index (χ4v) is 1.89. The predicted molar refractivity (Wildman–Crippen MR) is 55.8 cm³/mol. The standard InChI is InChI=1S/C11H21NO2/c1-9(12)7-11(13)14-8-10-5-3-2-4-6-10/h9-10H,2-8,12H2,1H3. The van der Waals surface area contributed by atoms with Crippen LogP contribution in [0.2, 0.25) is 0 Å². The second-order valence-corrected chi connectivity index (χ2v) is 4.37. The van der Waals surface area contributed by atoms with Crippen LogP contribution in [0.3, 0.4) is 0 Å². The Labute approximate surface area is 86.0 Å². The lowest BCUT2D eigenvalue weighted by Gasteiger charge is -2.21. The second-order valence-electron chi connectivity index (χ2n) is 4.37. The zero-order valence-electron chi connectivity index (χ0n) is 9.00. The van der Waals surface area contributed by atoms with E-state index in [0.29, 0.717) is 18.9 Å². The number of esters is 1. The van der Waals surface area contributed by atoms with Crippen molar-refractivity contribution in [3.8, 4) is 0 Å². The third-order valence-corrected chi connectivity index (χ3v) is 2.69. The summed E-state index contributed by atoms with van der Waals surface area (Å²) in [6.45, 7) is 2.42. The molecule has 0 aromatic heterocycles. The molecule has 1 fully saturated rings. The zero-order valence-corrected chi connectivity index (χ0v) is 9.00. The molecule has 3 heteroatoms. The molecule has 3 nitrogen and oxygen atoms in total. The second kappa shape index (κ2) is 6.02. The molecule has 0 spiro atoms. The van der Waals surface area contributed by atoms with E-state index in [1.807, 2.05) is 6.92 Å². The van der Waals surface area contributed by atoms with Crippen molar-refractivity contribution in [2.24, 2.45) is 11.7 Å². The van der Waals surface area contributed by atoms with Crippen molar-refractivity contribution >= 4 is 5.97 Å². The molecule has 0 heterocycles. The summed E-state index contributed by atoms with van der Waals surface area (Å²) in [6, 6.07) is -0.0890. The largest absolute Gasteiger partial charge is 0.465 e. The van der Waals surface area contributed by atoms with Gasteiger partial charge in [-0.2, -0.15) is 0 Å². The molecule has 0 aromatic rings. The SMILES string of the molecule is CC(N)CC(=O)OCC1CCCCC1. The molecule has 0 radical (unpaired) electrons. The molecule has 2 N–H and O–H groups in total. The van der Waals surface area contributed by atoms with Gasteiger partial charge in [-0.1, -0.05) is 19.3 Å². The average Bonchev–Trinajstić information content (AvgIpc) is 2.15. The highest BCUT2D eigenvalue weighted by molar-refractivity contribution is 5.69. The maximum Gasteiger partial charge on any atom is 0.307 e. The average molecular weight is 199 g/mol. The van der Waals surface area contributed by atoms with Gasteiger partial charge in [-0.25, -0.2) is 0 Å². The molecule has 1 rings (SSSR count). The van der Waals surface area contributed by atoms with E-state index in [9.17, 15) is 4.79 Å². The fourth-order valence-electron chi connectivity index (χ4n) is 1.89. The summed E-state index contributed by atoms with van der Waals surface area (Å²) < 4.78 is 5.17. The van der Waals surface area contributed by atoms with Crippen molar-refractivity contribution in [2.75, 3.05) is 6.61 Å². The minimum atomic E-state index is -0.148. The van der Waals surface area contributed by atoms with Crippen molar-refractivity contribution in [3.63, 3.8) is 0 Å². The van der Waals surface area contributed by atoms with Crippen molar-refractivity contribution in [2.45, 2.75) is 51.5 Å². The van der Waals surface area contributed by atoms with Crippen LogP contribution in [0.25, 0.3) is 0 Å². The van der Waals surface area contributed by atoms with Gasteiger partial charge in [0.2, 0.25) is 0 Å². The van der Waals surface area contributed by atoms with E-state index in [4.69, 9.17) is 10.5 Å². The van der Waals surface area contributed by atoms with Crippen LogP contribution in [-0.2, 0) is 9.53 Å². The van der Waals surface area contributed by atoms with Crippen LogP contribution >= 0.6 is 0 Å². The number of nitrogens with two attached hydrogens (primary N) is 1. The Morgan fingerprint density at radius 1 is 1.43 bits per heavy atom. The summed E-state index contributed by atoms with van der Waals surface area (Å²) in [4.78, 5) is 11.2. The van der Waals surface area contributed by atoms with E-state index in [1.54, 1.807) is 0 Å². The molecule has 0 aromatic carbocycles. The Bertz CT molecular complexity index is 174. The van der Waals surface area contributed by atoms with Gasteiger partial charge < -0.3 is 10.5 Å². The van der Waals surface area contributed by atoms with E-state index in [-0.39, 0.29) is 12.0 Å². The molecular weight excluding hydrogens is 178 g/mol. The van der Waals surface area contributed by atoms with Crippen molar-refractivity contribution < 1.29 is 9.53 Å². The molecule has 14 heavy (non-hydrogen) atoms. The normalized spacial score (nSPS) is 20.4. The van der Waals surface area contributed by atoms with Gasteiger partial charge in [0.05, 0.1) is 13.0 Å². The lowest BCUT2D eigenvalue weighted by atomic mass is 9.90. The Kier molecular flexibility index (Phi) is 4.94. The first-order valence-electron chi connectivity index (χ1n) is 5.59. The first kappa shape index (κ1) is 11.5. The summed E-state index contributed by atoms with van der Waals surface area (Å²) in [5.74, 6) is 0.450. The van der Waals surface area contributed by atoms with Gasteiger partial charge in [0.1, 0.15) is 0 Å². The van der Waals surface area contributed by atoms with Crippen LogP contribution in [0, 0.1) is 5.92 Å². The first-order chi connectivity index (χ1) is 6.68. The maximum absolute atomic E-state index is 11.2. The summed E-state index contributed by atoms with van der Waals surface area (Å²) in [6.07, 6.45) is 6.68. The van der Waals surface area contributed by atoms with Gasteiger partial charge in [0.15, 0.2) is 0 Å². The van der Waals surface area contributed by atoms with Gasteiger partial charge >= 0.3 is 5.97 Å². The van der Waals surface area contributed by atoms with Crippen LogP contribution < -0.4 is 5.73 Å². The fraction of sp³-hybridized carbons (Fsp3) is 0.909. The molecule has 1 aliphatic rings. The highest BCUT2D eigenvalue weighted by Gasteiger charge is 2.15. The molecule has 82 valence electrons. The van der Waals surface area contributed by atoms with E-state index in [2.05, 4.69) is 0 Å². The molecular formula is C11H21NO2. The van der Waals surface area contributed by atoms with Gasteiger partial charge in [-0.05, 0) is 25.7 Å². The smallest absolute Gasteiger partial charge is 0.307 e. The van der Waals surface area contributed by atoms with Gasteiger partial charge in [-0.3, -0.25) is 4.79 Å². The topological polar surface area (TPSA) is 52.3 Å². The summed E-state index contributed by atoms with van der Waals surface area (Å²) >= 11 is 0. The highest BCUT2D eigenvalue weighted by Crippen LogP contribution is 2.23. The Morgan fingerprint density at radius 3 is 2.64 bits per heavy atom. The summed E-state index contributed by atoms with van der Waals surface area (Å²) in [7, 11) is 0. The number of hydrogen-bond acceptors (Lipinski definition) is 3.